The van der Waals surface area contributed by atoms with Crippen molar-refractivity contribution < 1.29 is 9.53 Å². The monoisotopic (exact) mass is 304 g/mol. The molecule has 0 aliphatic carbocycles. The van der Waals surface area contributed by atoms with Crippen molar-refractivity contribution in [2.24, 2.45) is 5.73 Å². The fraction of sp³-hybridized carbons (Fsp3) is 0.188. The number of rotatable bonds is 6. The molecule has 0 aliphatic heterocycles. The van der Waals surface area contributed by atoms with Gasteiger partial charge in [-0.2, -0.15) is 0 Å². The van der Waals surface area contributed by atoms with Gasteiger partial charge < -0.3 is 15.8 Å². The molecule has 2 aromatic rings. The number of nitrogens with two attached hydrogens (primary N) is 1. The predicted molar refractivity (Wildman–Crippen MR) is 83.9 cm³/mol. The summed E-state index contributed by atoms with van der Waals surface area (Å²) in [5, 5.41) is 3.88. The average Bonchev–Trinajstić information content (AvgIpc) is 2.47. The Kier molecular flexibility index (Phi) is 5.20. The minimum Gasteiger partial charge on any atom is -0.457 e. The zero-order valence-electron chi connectivity index (χ0n) is 11.7. The third kappa shape index (κ3) is 3.97. The molecule has 110 valence electrons. The summed E-state index contributed by atoms with van der Waals surface area (Å²) in [7, 11) is 0. The minimum atomic E-state index is -0.461. The van der Waals surface area contributed by atoms with Gasteiger partial charge in [-0.25, -0.2) is 0 Å². The molecule has 21 heavy (non-hydrogen) atoms. The van der Waals surface area contributed by atoms with Gasteiger partial charge in [-0.1, -0.05) is 24.6 Å². The van der Waals surface area contributed by atoms with E-state index in [2.05, 4.69) is 5.32 Å². The highest BCUT2D eigenvalue weighted by molar-refractivity contribution is 6.31. The van der Waals surface area contributed by atoms with Gasteiger partial charge in [0.25, 0.3) is 0 Å². The number of halogens is 1. The molecule has 0 radical (unpaired) electrons. The number of hydrogen-bond acceptors (Lipinski definition) is 3. The lowest BCUT2D eigenvalue weighted by atomic mass is 10.2. The summed E-state index contributed by atoms with van der Waals surface area (Å²) in [6, 6.07) is 12.2. The van der Waals surface area contributed by atoms with E-state index in [1.54, 1.807) is 24.3 Å². The highest BCUT2D eigenvalue weighted by Crippen LogP contribution is 2.30. The Labute approximate surface area is 128 Å². The highest BCUT2D eigenvalue weighted by Gasteiger charge is 2.09. The molecule has 0 bridgehead atoms. The van der Waals surface area contributed by atoms with Gasteiger partial charge in [0.2, 0.25) is 5.91 Å². The largest absolute Gasteiger partial charge is 0.457 e. The summed E-state index contributed by atoms with van der Waals surface area (Å²) >= 11 is 6.22. The highest BCUT2D eigenvalue weighted by atomic mass is 35.5. The lowest BCUT2D eigenvalue weighted by Gasteiger charge is -2.13. The number of nitrogens with one attached hydrogen (secondary N) is 1. The molecule has 0 unspecified atom stereocenters. The van der Waals surface area contributed by atoms with Gasteiger partial charge >= 0.3 is 0 Å². The lowest BCUT2D eigenvalue weighted by molar-refractivity contribution is 0.100. The average molecular weight is 305 g/mol. The van der Waals surface area contributed by atoms with Gasteiger partial charge in [0.15, 0.2) is 0 Å². The van der Waals surface area contributed by atoms with Crippen LogP contribution in [0.15, 0.2) is 42.5 Å². The Morgan fingerprint density at radius 3 is 2.57 bits per heavy atom. The van der Waals surface area contributed by atoms with Crippen LogP contribution < -0.4 is 15.8 Å². The second-order valence-corrected chi connectivity index (χ2v) is 4.89. The topological polar surface area (TPSA) is 64.3 Å². The van der Waals surface area contributed by atoms with Gasteiger partial charge in [0.1, 0.15) is 11.5 Å². The van der Waals surface area contributed by atoms with Crippen LogP contribution in [0, 0.1) is 0 Å². The zero-order chi connectivity index (χ0) is 15.2. The Bertz CT molecular complexity index is 627. The van der Waals surface area contributed by atoms with E-state index in [1.165, 1.54) is 0 Å². The third-order valence-corrected chi connectivity index (χ3v) is 3.35. The lowest BCUT2D eigenvalue weighted by Crippen LogP contribution is -2.13. The third-order valence-electron chi connectivity index (χ3n) is 2.99. The molecule has 5 heteroatoms. The van der Waals surface area contributed by atoms with Crippen molar-refractivity contribution >= 4 is 17.5 Å². The van der Waals surface area contributed by atoms with E-state index >= 15 is 0 Å². The fourth-order valence-electron chi connectivity index (χ4n) is 1.87. The van der Waals surface area contributed by atoms with Crippen molar-refractivity contribution in [3.63, 3.8) is 0 Å². The molecule has 2 aromatic carbocycles. The summed E-state index contributed by atoms with van der Waals surface area (Å²) < 4.78 is 5.85. The van der Waals surface area contributed by atoms with Gasteiger partial charge in [-0.3, -0.25) is 4.79 Å². The van der Waals surface area contributed by atoms with Crippen molar-refractivity contribution in [3.05, 3.63) is 58.6 Å². The number of amides is 1. The van der Waals surface area contributed by atoms with Crippen LogP contribution in [-0.4, -0.2) is 12.5 Å². The van der Waals surface area contributed by atoms with E-state index in [1.807, 2.05) is 25.1 Å². The van der Waals surface area contributed by atoms with E-state index < -0.39 is 5.91 Å². The smallest absolute Gasteiger partial charge is 0.248 e. The SMILES string of the molecule is CCNCc1c(Cl)cccc1Oc1ccc(C(N)=O)cc1. The first-order chi connectivity index (χ1) is 10.1. The van der Waals surface area contributed by atoms with Crippen LogP contribution in [0.4, 0.5) is 0 Å². The standard InChI is InChI=1S/C16H17ClN2O2/c1-2-19-10-13-14(17)4-3-5-15(13)21-12-8-6-11(7-9-12)16(18)20/h3-9,19H,2,10H2,1H3,(H2,18,20). The zero-order valence-corrected chi connectivity index (χ0v) is 12.5. The first kappa shape index (κ1) is 15.4. The Morgan fingerprint density at radius 2 is 1.95 bits per heavy atom. The van der Waals surface area contributed by atoms with Gasteiger partial charge in [-0.05, 0) is 42.9 Å². The number of carbonyl (C=O) groups is 1. The molecule has 0 aromatic heterocycles. The van der Waals surface area contributed by atoms with E-state index in [9.17, 15) is 4.79 Å². The van der Waals surface area contributed by atoms with Crippen LogP contribution in [0.3, 0.4) is 0 Å². The summed E-state index contributed by atoms with van der Waals surface area (Å²) in [5.41, 5.74) is 6.56. The van der Waals surface area contributed by atoms with E-state index in [0.29, 0.717) is 28.6 Å². The number of hydrogen-bond donors (Lipinski definition) is 2. The predicted octanol–water partition coefficient (Wildman–Crippen LogP) is 3.34. The Morgan fingerprint density at radius 1 is 1.24 bits per heavy atom. The molecule has 0 saturated heterocycles. The van der Waals surface area contributed by atoms with Crippen LogP contribution in [0.5, 0.6) is 11.5 Å². The molecule has 1 amide bonds. The molecule has 0 saturated carbocycles. The maximum atomic E-state index is 11.0. The van der Waals surface area contributed by atoms with Gasteiger partial charge in [0, 0.05) is 22.7 Å². The molecule has 0 spiro atoms. The summed E-state index contributed by atoms with van der Waals surface area (Å²) in [4.78, 5) is 11.0. The second kappa shape index (κ2) is 7.11. The van der Waals surface area contributed by atoms with E-state index in [4.69, 9.17) is 22.1 Å². The first-order valence-electron chi connectivity index (χ1n) is 6.67. The van der Waals surface area contributed by atoms with Crippen molar-refractivity contribution in [1.29, 1.82) is 0 Å². The summed E-state index contributed by atoms with van der Waals surface area (Å²) in [6.45, 7) is 3.50. The molecule has 0 aliphatic rings. The maximum absolute atomic E-state index is 11.0. The van der Waals surface area contributed by atoms with Gasteiger partial charge in [0.05, 0.1) is 0 Å². The van der Waals surface area contributed by atoms with Gasteiger partial charge in [-0.15, -0.1) is 0 Å². The number of primary amides is 1. The van der Waals surface area contributed by atoms with Crippen molar-refractivity contribution in [2.75, 3.05) is 6.54 Å². The van der Waals surface area contributed by atoms with E-state index in [0.717, 1.165) is 12.1 Å². The molecule has 4 nitrogen and oxygen atoms in total. The van der Waals surface area contributed by atoms with Crippen molar-refractivity contribution in [3.8, 4) is 11.5 Å². The van der Waals surface area contributed by atoms with Crippen LogP contribution in [0.25, 0.3) is 0 Å². The van der Waals surface area contributed by atoms with E-state index in [-0.39, 0.29) is 0 Å². The molecule has 3 N–H and O–H groups in total. The van der Waals surface area contributed by atoms with Crippen LogP contribution in [-0.2, 0) is 6.54 Å². The van der Waals surface area contributed by atoms with Crippen molar-refractivity contribution in [1.82, 2.24) is 5.32 Å². The fourth-order valence-corrected chi connectivity index (χ4v) is 2.10. The number of benzene rings is 2. The quantitative estimate of drug-likeness (QED) is 0.860. The summed E-state index contributed by atoms with van der Waals surface area (Å²) in [5.74, 6) is 0.854. The van der Waals surface area contributed by atoms with Crippen LogP contribution in [0.2, 0.25) is 5.02 Å². The van der Waals surface area contributed by atoms with Crippen LogP contribution in [0.1, 0.15) is 22.8 Å². The number of carbonyl (C=O) groups excluding carboxylic acids is 1. The normalized spacial score (nSPS) is 10.4. The number of ether oxygens (including phenoxy) is 1. The first-order valence-corrected chi connectivity index (χ1v) is 7.05. The molecule has 0 atom stereocenters. The van der Waals surface area contributed by atoms with Crippen molar-refractivity contribution in [2.45, 2.75) is 13.5 Å². The maximum Gasteiger partial charge on any atom is 0.248 e. The van der Waals surface area contributed by atoms with Crippen LogP contribution >= 0.6 is 11.6 Å². The second-order valence-electron chi connectivity index (χ2n) is 4.49. The minimum absolute atomic E-state index is 0.446. The molecular weight excluding hydrogens is 288 g/mol. The molecule has 0 fully saturated rings. The molecule has 0 heterocycles. The summed E-state index contributed by atoms with van der Waals surface area (Å²) in [6.07, 6.45) is 0. The molecule has 2 rings (SSSR count). The Hall–Kier alpha value is -2.04. The molecular formula is C16H17ClN2O2. The Balaban J connectivity index is 2.22.